The third-order valence-corrected chi connectivity index (χ3v) is 3.73. The Kier molecular flexibility index (Phi) is 4.19. The largest absolute Gasteiger partial charge is 0.324 e. The van der Waals surface area contributed by atoms with Crippen molar-refractivity contribution < 1.29 is 4.79 Å². The standard InChI is InChI=1S/C18H19N3O/c1-2-8-14(13-9-4-3-5-10-13)17(22)21-18-19-15-11-6-7-12-16(15)20-18/h3-7,9-12,14H,2,8H2,1H3,(H2,19,20,21,22)/t14-/m0/s1. The van der Waals surface area contributed by atoms with Gasteiger partial charge in [-0.25, -0.2) is 4.98 Å². The normalized spacial score (nSPS) is 12.2. The van der Waals surface area contributed by atoms with E-state index in [1.165, 1.54) is 0 Å². The van der Waals surface area contributed by atoms with Gasteiger partial charge in [0, 0.05) is 0 Å². The van der Waals surface area contributed by atoms with Crippen LogP contribution in [-0.2, 0) is 4.79 Å². The Hall–Kier alpha value is -2.62. The van der Waals surface area contributed by atoms with Crippen molar-refractivity contribution in [2.24, 2.45) is 0 Å². The summed E-state index contributed by atoms with van der Waals surface area (Å²) >= 11 is 0. The number of anilines is 1. The molecule has 0 saturated heterocycles. The van der Waals surface area contributed by atoms with Crippen LogP contribution in [0.1, 0.15) is 31.2 Å². The lowest BCUT2D eigenvalue weighted by atomic mass is 9.94. The zero-order chi connectivity index (χ0) is 15.4. The molecule has 1 atom stereocenters. The lowest BCUT2D eigenvalue weighted by Gasteiger charge is -2.15. The zero-order valence-corrected chi connectivity index (χ0v) is 12.5. The molecule has 1 amide bonds. The Balaban J connectivity index is 1.81. The fourth-order valence-electron chi connectivity index (χ4n) is 2.64. The van der Waals surface area contributed by atoms with Crippen LogP contribution in [0.15, 0.2) is 54.6 Å². The maximum Gasteiger partial charge on any atom is 0.234 e. The van der Waals surface area contributed by atoms with E-state index in [0.29, 0.717) is 5.95 Å². The summed E-state index contributed by atoms with van der Waals surface area (Å²) in [5, 5.41) is 2.91. The first-order valence-corrected chi connectivity index (χ1v) is 7.58. The minimum Gasteiger partial charge on any atom is -0.324 e. The number of hydrogen-bond acceptors (Lipinski definition) is 2. The second kappa shape index (κ2) is 6.43. The molecule has 0 spiro atoms. The van der Waals surface area contributed by atoms with Gasteiger partial charge < -0.3 is 4.98 Å². The minimum absolute atomic E-state index is 0.0212. The molecule has 3 rings (SSSR count). The van der Waals surface area contributed by atoms with E-state index in [-0.39, 0.29) is 11.8 Å². The average Bonchev–Trinajstić information content (AvgIpc) is 2.95. The van der Waals surface area contributed by atoms with Gasteiger partial charge in [-0.2, -0.15) is 0 Å². The number of carbonyl (C=O) groups is 1. The molecule has 1 heterocycles. The Labute approximate surface area is 129 Å². The minimum atomic E-state index is -0.153. The quantitative estimate of drug-likeness (QED) is 0.744. The Morgan fingerprint density at radius 3 is 2.59 bits per heavy atom. The number of hydrogen-bond donors (Lipinski definition) is 2. The Bertz CT molecular complexity index is 731. The van der Waals surface area contributed by atoms with Gasteiger partial charge in [0.05, 0.1) is 17.0 Å². The number of aromatic amines is 1. The molecule has 0 bridgehead atoms. The number of para-hydroxylation sites is 2. The van der Waals surface area contributed by atoms with E-state index in [2.05, 4.69) is 22.2 Å². The van der Waals surface area contributed by atoms with Crippen LogP contribution >= 0.6 is 0 Å². The summed E-state index contributed by atoms with van der Waals surface area (Å²) in [6.45, 7) is 2.09. The van der Waals surface area contributed by atoms with Crippen LogP contribution in [0.2, 0.25) is 0 Å². The highest BCUT2D eigenvalue weighted by atomic mass is 16.2. The van der Waals surface area contributed by atoms with Gasteiger partial charge >= 0.3 is 0 Å². The summed E-state index contributed by atoms with van der Waals surface area (Å²) in [5.41, 5.74) is 2.81. The van der Waals surface area contributed by atoms with Crippen molar-refractivity contribution >= 4 is 22.9 Å². The highest BCUT2D eigenvalue weighted by molar-refractivity contribution is 5.95. The van der Waals surface area contributed by atoms with E-state index >= 15 is 0 Å². The highest BCUT2D eigenvalue weighted by Gasteiger charge is 2.20. The number of H-pyrrole nitrogens is 1. The van der Waals surface area contributed by atoms with Gasteiger partial charge in [0.2, 0.25) is 11.9 Å². The fourth-order valence-corrected chi connectivity index (χ4v) is 2.64. The Morgan fingerprint density at radius 2 is 1.86 bits per heavy atom. The second-order valence-electron chi connectivity index (χ2n) is 5.34. The molecule has 2 N–H and O–H groups in total. The van der Waals surface area contributed by atoms with Crippen LogP contribution in [0.5, 0.6) is 0 Å². The van der Waals surface area contributed by atoms with Crippen LogP contribution < -0.4 is 5.32 Å². The van der Waals surface area contributed by atoms with Crippen molar-refractivity contribution in [3.05, 3.63) is 60.2 Å². The topological polar surface area (TPSA) is 57.8 Å². The predicted octanol–water partition coefficient (Wildman–Crippen LogP) is 4.09. The van der Waals surface area contributed by atoms with Crippen molar-refractivity contribution in [1.82, 2.24) is 9.97 Å². The maximum absolute atomic E-state index is 12.6. The number of fused-ring (bicyclic) bond motifs is 1. The van der Waals surface area contributed by atoms with Gasteiger partial charge in [0.15, 0.2) is 0 Å². The number of benzene rings is 2. The van der Waals surface area contributed by atoms with Gasteiger partial charge in [0.25, 0.3) is 0 Å². The van der Waals surface area contributed by atoms with Crippen LogP contribution in [0.4, 0.5) is 5.95 Å². The van der Waals surface area contributed by atoms with Crippen molar-refractivity contribution in [2.75, 3.05) is 5.32 Å². The third-order valence-electron chi connectivity index (χ3n) is 3.73. The summed E-state index contributed by atoms with van der Waals surface area (Å²) in [5.74, 6) is 0.328. The number of aromatic nitrogens is 2. The molecule has 4 heteroatoms. The molecular formula is C18H19N3O. The predicted molar refractivity (Wildman–Crippen MR) is 88.8 cm³/mol. The van der Waals surface area contributed by atoms with Gasteiger partial charge in [-0.1, -0.05) is 55.8 Å². The SMILES string of the molecule is CCC[C@H](C(=O)Nc1nc2ccccc2[nH]1)c1ccccc1. The number of imidazole rings is 1. The van der Waals surface area contributed by atoms with E-state index in [9.17, 15) is 4.79 Å². The number of amides is 1. The van der Waals surface area contributed by atoms with Gasteiger partial charge in [0.1, 0.15) is 0 Å². The molecule has 4 nitrogen and oxygen atoms in total. The summed E-state index contributed by atoms with van der Waals surface area (Å²) < 4.78 is 0. The first-order valence-electron chi connectivity index (χ1n) is 7.58. The monoisotopic (exact) mass is 293 g/mol. The lowest BCUT2D eigenvalue weighted by Crippen LogP contribution is -2.21. The number of nitrogens with one attached hydrogen (secondary N) is 2. The second-order valence-corrected chi connectivity index (χ2v) is 5.34. The van der Waals surface area contributed by atoms with Crippen molar-refractivity contribution in [1.29, 1.82) is 0 Å². The van der Waals surface area contributed by atoms with Gasteiger partial charge in [-0.3, -0.25) is 10.1 Å². The zero-order valence-electron chi connectivity index (χ0n) is 12.5. The molecule has 0 unspecified atom stereocenters. The third kappa shape index (κ3) is 3.01. The number of carbonyl (C=O) groups excluding carboxylic acids is 1. The molecule has 112 valence electrons. The van der Waals surface area contributed by atoms with E-state index < -0.39 is 0 Å². The molecule has 1 aromatic heterocycles. The van der Waals surface area contributed by atoms with Gasteiger partial charge in [-0.05, 0) is 24.1 Å². The van der Waals surface area contributed by atoms with Crippen LogP contribution in [0, 0.1) is 0 Å². The number of rotatable bonds is 5. The first-order chi connectivity index (χ1) is 10.8. The van der Waals surface area contributed by atoms with E-state index in [1.807, 2.05) is 54.6 Å². The summed E-state index contributed by atoms with van der Waals surface area (Å²) in [6.07, 6.45) is 1.77. The van der Waals surface area contributed by atoms with Crippen LogP contribution in [0.3, 0.4) is 0 Å². The van der Waals surface area contributed by atoms with Crippen molar-refractivity contribution in [2.45, 2.75) is 25.7 Å². The number of nitrogens with zero attached hydrogens (tertiary/aromatic N) is 1. The molecule has 0 aliphatic rings. The molecule has 0 fully saturated rings. The van der Waals surface area contributed by atoms with E-state index in [0.717, 1.165) is 29.4 Å². The van der Waals surface area contributed by atoms with E-state index in [4.69, 9.17) is 0 Å². The molecule has 0 radical (unpaired) electrons. The summed E-state index contributed by atoms with van der Waals surface area (Å²) in [4.78, 5) is 20.1. The molecule has 22 heavy (non-hydrogen) atoms. The van der Waals surface area contributed by atoms with Crippen molar-refractivity contribution in [3.63, 3.8) is 0 Å². The lowest BCUT2D eigenvalue weighted by molar-refractivity contribution is -0.117. The molecule has 0 aliphatic carbocycles. The van der Waals surface area contributed by atoms with Crippen LogP contribution in [-0.4, -0.2) is 15.9 Å². The molecule has 3 aromatic rings. The molecule has 2 aromatic carbocycles. The summed E-state index contributed by atoms with van der Waals surface area (Å²) in [7, 11) is 0. The molecule has 0 aliphatic heterocycles. The average molecular weight is 293 g/mol. The summed E-state index contributed by atoms with van der Waals surface area (Å²) in [6, 6.07) is 17.6. The maximum atomic E-state index is 12.6. The van der Waals surface area contributed by atoms with Gasteiger partial charge in [-0.15, -0.1) is 0 Å². The fraction of sp³-hybridized carbons (Fsp3) is 0.222. The highest BCUT2D eigenvalue weighted by Crippen LogP contribution is 2.23. The first kappa shape index (κ1) is 14.3. The molecule has 0 saturated carbocycles. The smallest absolute Gasteiger partial charge is 0.234 e. The van der Waals surface area contributed by atoms with E-state index in [1.54, 1.807) is 0 Å². The Morgan fingerprint density at radius 1 is 1.14 bits per heavy atom. The molecular weight excluding hydrogens is 274 g/mol. The van der Waals surface area contributed by atoms with Crippen LogP contribution in [0.25, 0.3) is 11.0 Å². The van der Waals surface area contributed by atoms with Crippen molar-refractivity contribution in [3.8, 4) is 0 Å².